The van der Waals surface area contributed by atoms with Crippen LogP contribution in [0.25, 0.3) is 10.6 Å². The number of H-pyrrole nitrogens is 1. The Hall–Kier alpha value is -1.29. The normalized spacial score (nSPS) is 11.2. The van der Waals surface area contributed by atoms with Crippen LogP contribution in [-0.2, 0) is 6.42 Å². The first kappa shape index (κ1) is 11.2. The van der Waals surface area contributed by atoms with E-state index >= 15 is 0 Å². The minimum Gasteiger partial charge on any atom is -0.382 e. The molecular weight excluding hydrogens is 218 g/mol. The standard InChI is InChI=1S/C12H17N3S/c1-7(2)6-9-10(14-15-12(9)13)11-8(3)4-5-16-11/h4-5,7H,6H2,1-3H3,(H3,13,14,15). The maximum atomic E-state index is 5.91. The van der Waals surface area contributed by atoms with Crippen molar-refractivity contribution in [2.24, 2.45) is 5.92 Å². The smallest absolute Gasteiger partial charge is 0.149 e. The number of nitrogens with two attached hydrogens (primary N) is 1. The van der Waals surface area contributed by atoms with E-state index in [1.165, 1.54) is 10.4 Å². The zero-order chi connectivity index (χ0) is 11.7. The molecule has 3 N–H and O–H groups in total. The molecule has 2 rings (SSSR count). The summed E-state index contributed by atoms with van der Waals surface area (Å²) in [5, 5.41) is 9.28. The van der Waals surface area contributed by atoms with Gasteiger partial charge in [-0.15, -0.1) is 11.3 Å². The lowest BCUT2D eigenvalue weighted by atomic mass is 10.0. The molecule has 2 aromatic rings. The summed E-state index contributed by atoms with van der Waals surface area (Å²) in [5.41, 5.74) is 9.43. The molecule has 0 amide bonds. The average molecular weight is 235 g/mol. The summed E-state index contributed by atoms with van der Waals surface area (Å²) in [5.74, 6) is 1.22. The van der Waals surface area contributed by atoms with E-state index in [0.29, 0.717) is 11.7 Å². The van der Waals surface area contributed by atoms with Gasteiger partial charge in [-0.25, -0.2) is 0 Å². The highest BCUT2D eigenvalue weighted by Gasteiger charge is 2.16. The van der Waals surface area contributed by atoms with E-state index in [4.69, 9.17) is 5.73 Å². The first-order valence-electron chi connectivity index (χ1n) is 5.46. The average Bonchev–Trinajstić information content (AvgIpc) is 2.75. The van der Waals surface area contributed by atoms with Gasteiger partial charge in [-0.2, -0.15) is 5.10 Å². The van der Waals surface area contributed by atoms with Crippen LogP contribution in [0.2, 0.25) is 0 Å². The lowest BCUT2D eigenvalue weighted by Crippen LogP contribution is -1.98. The highest BCUT2D eigenvalue weighted by molar-refractivity contribution is 7.13. The highest BCUT2D eigenvalue weighted by atomic mass is 32.1. The zero-order valence-corrected chi connectivity index (χ0v) is 10.7. The largest absolute Gasteiger partial charge is 0.382 e. The lowest BCUT2D eigenvalue weighted by molar-refractivity contribution is 0.649. The number of aromatic amines is 1. The fourth-order valence-corrected chi connectivity index (χ4v) is 2.76. The van der Waals surface area contributed by atoms with Gasteiger partial charge < -0.3 is 5.73 Å². The number of rotatable bonds is 3. The maximum absolute atomic E-state index is 5.91. The second-order valence-corrected chi connectivity index (χ2v) is 5.41. The van der Waals surface area contributed by atoms with Crippen LogP contribution in [0, 0.1) is 12.8 Å². The van der Waals surface area contributed by atoms with Gasteiger partial charge in [0.25, 0.3) is 0 Å². The van der Waals surface area contributed by atoms with Crippen LogP contribution in [0.1, 0.15) is 25.0 Å². The third kappa shape index (κ3) is 1.97. The van der Waals surface area contributed by atoms with Crippen LogP contribution in [0.5, 0.6) is 0 Å². The molecule has 0 bridgehead atoms. The lowest BCUT2D eigenvalue weighted by Gasteiger charge is -2.06. The van der Waals surface area contributed by atoms with Gasteiger partial charge in [0.2, 0.25) is 0 Å². The van der Waals surface area contributed by atoms with Crippen LogP contribution >= 0.6 is 11.3 Å². The van der Waals surface area contributed by atoms with Gasteiger partial charge in [0, 0.05) is 5.56 Å². The number of nitrogens with zero attached hydrogens (tertiary/aromatic N) is 1. The van der Waals surface area contributed by atoms with Crippen molar-refractivity contribution >= 4 is 17.2 Å². The monoisotopic (exact) mass is 235 g/mol. The third-order valence-corrected chi connectivity index (χ3v) is 3.63. The molecule has 16 heavy (non-hydrogen) atoms. The molecule has 0 radical (unpaired) electrons. The van der Waals surface area contributed by atoms with Crippen LogP contribution in [0.15, 0.2) is 11.4 Å². The Balaban J connectivity index is 2.46. The van der Waals surface area contributed by atoms with E-state index in [1.54, 1.807) is 11.3 Å². The molecule has 0 atom stereocenters. The SMILES string of the molecule is Cc1ccsc1-c1[nH]nc(N)c1CC(C)C. The topological polar surface area (TPSA) is 54.7 Å². The van der Waals surface area contributed by atoms with Crippen molar-refractivity contribution in [3.63, 3.8) is 0 Å². The summed E-state index contributed by atoms with van der Waals surface area (Å²) in [4.78, 5) is 1.25. The molecule has 0 aromatic carbocycles. The van der Waals surface area contributed by atoms with Gasteiger partial charge in [-0.05, 0) is 36.3 Å². The number of aryl methyl sites for hydroxylation is 1. The predicted octanol–water partition coefficient (Wildman–Crippen LogP) is 3.23. The number of thiophene rings is 1. The van der Waals surface area contributed by atoms with Gasteiger partial charge in [0.05, 0.1) is 10.6 Å². The minimum absolute atomic E-state index is 0.582. The van der Waals surface area contributed by atoms with E-state index in [0.717, 1.165) is 17.7 Å². The number of nitrogen functional groups attached to an aromatic ring is 1. The van der Waals surface area contributed by atoms with Crippen molar-refractivity contribution in [1.82, 2.24) is 10.2 Å². The van der Waals surface area contributed by atoms with E-state index in [9.17, 15) is 0 Å². The number of hydrogen-bond acceptors (Lipinski definition) is 3. The van der Waals surface area contributed by atoms with Gasteiger partial charge in [0.1, 0.15) is 5.82 Å². The molecule has 2 aromatic heterocycles. The number of anilines is 1. The van der Waals surface area contributed by atoms with Crippen LogP contribution in [0.3, 0.4) is 0 Å². The highest BCUT2D eigenvalue weighted by Crippen LogP contribution is 2.33. The Morgan fingerprint density at radius 3 is 2.81 bits per heavy atom. The molecule has 0 saturated carbocycles. The van der Waals surface area contributed by atoms with E-state index < -0.39 is 0 Å². The first-order valence-corrected chi connectivity index (χ1v) is 6.34. The molecule has 0 unspecified atom stereocenters. The Bertz CT molecular complexity index is 482. The Labute approximate surface area is 99.7 Å². The van der Waals surface area contributed by atoms with Crippen molar-refractivity contribution in [3.05, 3.63) is 22.6 Å². The Morgan fingerprint density at radius 2 is 2.25 bits per heavy atom. The van der Waals surface area contributed by atoms with Gasteiger partial charge in [0.15, 0.2) is 0 Å². The summed E-state index contributed by atoms with van der Waals surface area (Å²) in [7, 11) is 0. The summed E-state index contributed by atoms with van der Waals surface area (Å²) in [6.07, 6.45) is 0.967. The zero-order valence-electron chi connectivity index (χ0n) is 9.87. The van der Waals surface area contributed by atoms with Crippen LogP contribution in [-0.4, -0.2) is 10.2 Å². The summed E-state index contributed by atoms with van der Waals surface area (Å²) < 4.78 is 0. The van der Waals surface area contributed by atoms with E-state index in [2.05, 4.69) is 42.4 Å². The van der Waals surface area contributed by atoms with Crippen LogP contribution < -0.4 is 5.73 Å². The molecular formula is C12H17N3S. The summed E-state index contributed by atoms with van der Waals surface area (Å²) in [6, 6.07) is 2.12. The predicted molar refractivity (Wildman–Crippen MR) is 69.6 cm³/mol. The van der Waals surface area contributed by atoms with Gasteiger partial charge in [-0.1, -0.05) is 13.8 Å². The number of aromatic nitrogens is 2. The van der Waals surface area contributed by atoms with Gasteiger partial charge in [-0.3, -0.25) is 5.10 Å². The summed E-state index contributed by atoms with van der Waals surface area (Å²) in [6.45, 7) is 6.50. The second-order valence-electron chi connectivity index (χ2n) is 4.49. The second kappa shape index (κ2) is 4.29. The van der Waals surface area contributed by atoms with Gasteiger partial charge >= 0.3 is 0 Å². The Morgan fingerprint density at radius 1 is 1.50 bits per heavy atom. The molecule has 0 aliphatic rings. The van der Waals surface area contributed by atoms with Crippen LogP contribution in [0.4, 0.5) is 5.82 Å². The molecule has 3 nitrogen and oxygen atoms in total. The van der Waals surface area contributed by atoms with Crippen molar-refractivity contribution < 1.29 is 0 Å². The van der Waals surface area contributed by atoms with Crippen molar-refractivity contribution in [3.8, 4) is 10.6 Å². The third-order valence-electron chi connectivity index (χ3n) is 2.60. The van der Waals surface area contributed by atoms with Crippen molar-refractivity contribution in [2.75, 3.05) is 5.73 Å². The molecule has 0 aliphatic carbocycles. The molecule has 0 aliphatic heterocycles. The fourth-order valence-electron chi connectivity index (χ4n) is 1.81. The molecule has 2 heterocycles. The fraction of sp³-hybridized carbons (Fsp3) is 0.417. The molecule has 86 valence electrons. The quantitative estimate of drug-likeness (QED) is 0.858. The number of hydrogen-bond donors (Lipinski definition) is 2. The Kier molecular flexibility index (Phi) is 3.01. The molecule has 0 spiro atoms. The molecule has 0 fully saturated rings. The number of nitrogens with one attached hydrogen (secondary N) is 1. The molecule has 4 heteroatoms. The van der Waals surface area contributed by atoms with E-state index in [1.807, 2.05) is 0 Å². The first-order chi connectivity index (χ1) is 7.59. The minimum atomic E-state index is 0.582. The van der Waals surface area contributed by atoms with Crippen molar-refractivity contribution in [1.29, 1.82) is 0 Å². The van der Waals surface area contributed by atoms with Crippen molar-refractivity contribution in [2.45, 2.75) is 27.2 Å². The summed E-state index contributed by atoms with van der Waals surface area (Å²) >= 11 is 1.73. The van der Waals surface area contributed by atoms with E-state index in [-0.39, 0.29) is 0 Å². The molecule has 0 saturated heterocycles. The maximum Gasteiger partial charge on any atom is 0.149 e.